The summed E-state index contributed by atoms with van der Waals surface area (Å²) in [6.07, 6.45) is -1.86. The molecule has 77 heavy (non-hydrogen) atoms. The normalized spacial score (nSPS) is 15.2. The van der Waals surface area contributed by atoms with Crippen LogP contribution in [0.3, 0.4) is 0 Å². The van der Waals surface area contributed by atoms with Crippen LogP contribution in [-0.4, -0.2) is 87.2 Å². The summed E-state index contributed by atoms with van der Waals surface area (Å²) in [5.74, 6) is -3.92. The van der Waals surface area contributed by atoms with Crippen molar-refractivity contribution in [2.24, 2.45) is 5.73 Å². The van der Waals surface area contributed by atoms with E-state index < -0.39 is 73.7 Å². The number of hydrogen-bond donors (Lipinski definition) is 4. The van der Waals surface area contributed by atoms with Crippen LogP contribution in [0, 0.1) is 25.5 Å². The van der Waals surface area contributed by atoms with Crippen LogP contribution in [0.1, 0.15) is 126 Å². The zero-order valence-corrected chi connectivity index (χ0v) is 44.7. The standard InChI is InChI=1S/C25H27F4N5O3S.C16H16F3N3O.C10H15FN2O2S/c1-14-11-17(19(26)13-21(14)33-38(3,36)37)15(2)30-23(35)16-7-8-20-18(12-16)22(34-9-5-4-6-10-34)32-24(31-20)25(27,28)29;1-10(23)11-5-6-13-12(9-11)14(22-7-3-2-4-8-22)21-15(20-13)16(17,18)19;1-6-4-8(7(2)12)9(11)5-10(6)13-16(3,14)15/h7-8,11-13,15,33H,4-6,9-10H2,1-3H3,(H,30,35);5-6,9H,2-4,7-8H2,1H3;4-5,7,13H,12H2,1-3H3/t15-;;7-/m1.1/s1. The molecule has 8 rings (SSSR count). The zero-order valence-electron chi connectivity index (χ0n) is 43.0. The molecule has 2 atom stereocenters. The van der Waals surface area contributed by atoms with E-state index in [0.717, 1.165) is 63.2 Å². The first-order valence-corrected chi connectivity index (χ1v) is 28.0. The number of aromatic nitrogens is 4. The Labute approximate surface area is 440 Å². The second-order valence-corrected chi connectivity index (χ2v) is 22.5. The Morgan fingerprint density at radius 2 is 0.987 bits per heavy atom. The molecule has 0 bridgehead atoms. The van der Waals surface area contributed by atoms with Gasteiger partial charge in [0, 0.05) is 65.2 Å². The molecule has 2 aliphatic rings. The molecule has 2 fully saturated rings. The van der Waals surface area contributed by atoms with Crippen molar-refractivity contribution in [1.29, 1.82) is 0 Å². The summed E-state index contributed by atoms with van der Waals surface area (Å²) in [5.41, 5.74) is 8.39. The van der Waals surface area contributed by atoms with Gasteiger partial charge in [-0.1, -0.05) is 0 Å². The summed E-state index contributed by atoms with van der Waals surface area (Å²) >= 11 is 0. The van der Waals surface area contributed by atoms with Gasteiger partial charge in [-0.2, -0.15) is 26.3 Å². The van der Waals surface area contributed by atoms with Gasteiger partial charge in [-0.05, 0) is 145 Å². The highest BCUT2D eigenvalue weighted by Crippen LogP contribution is 2.36. The monoisotopic (exact) mass is 1120 g/mol. The highest BCUT2D eigenvalue weighted by Gasteiger charge is 2.38. The molecule has 26 heteroatoms. The molecule has 2 aliphatic heterocycles. The Kier molecular flexibility index (Phi) is 18.4. The number of halogens is 8. The number of anilines is 4. The highest BCUT2D eigenvalue weighted by atomic mass is 32.2. The Morgan fingerprint density at radius 1 is 0.597 bits per heavy atom. The number of piperidine rings is 2. The van der Waals surface area contributed by atoms with Crippen molar-refractivity contribution in [1.82, 2.24) is 25.3 Å². The van der Waals surface area contributed by atoms with Crippen LogP contribution in [0.2, 0.25) is 0 Å². The van der Waals surface area contributed by atoms with Crippen molar-refractivity contribution in [3.05, 3.63) is 117 Å². The second kappa shape index (κ2) is 23.8. The minimum absolute atomic E-state index is 0.0631. The molecule has 1 amide bonds. The molecular weight excluding hydrogens is 1060 g/mol. The number of fused-ring (bicyclic) bond motifs is 2. The molecule has 5 N–H and O–H groups in total. The summed E-state index contributed by atoms with van der Waals surface area (Å²) in [6.45, 7) is 10.4. The lowest BCUT2D eigenvalue weighted by Gasteiger charge is -2.29. The number of hydrogen-bond acceptors (Lipinski definition) is 13. The molecule has 416 valence electrons. The number of aryl methyl sites for hydroxylation is 2. The van der Waals surface area contributed by atoms with Crippen molar-refractivity contribution in [3.63, 3.8) is 0 Å². The van der Waals surface area contributed by atoms with Crippen LogP contribution in [-0.2, 0) is 32.4 Å². The van der Waals surface area contributed by atoms with Gasteiger partial charge < -0.3 is 20.9 Å². The fraction of sp³-hybridized carbons (Fsp3) is 0.412. The molecule has 0 aliphatic carbocycles. The number of nitrogens with one attached hydrogen (secondary N) is 3. The van der Waals surface area contributed by atoms with Crippen molar-refractivity contribution in [2.45, 2.75) is 97.6 Å². The molecule has 0 unspecified atom stereocenters. The molecule has 0 spiro atoms. The third-order valence-corrected chi connectivity index (χ3v) is 13.6. The molecule has 2 saturated heterocycles. The van der Waals surface area contributed by atoms with Gasteiger partial charge in [0.05, 0.1) is 41.0 Å². The van der Waals surface area contributed by atoms with Crippen LogP contribution in [0.15, 0.2) is 60.7 Å². The number of carbonyl (C=O) groups is 2. The molecule has 0 saturated carbocycles. The number of rotatable bonds is 11. The predicted molar refractivity (Wildman–Crippen MR) is 279 cm³/mol. The van der Waals surface area contributed by atoms with Gasteiger partial charge in [-0.3, -0.25) is 19.0 Å². The van der Waals surface area contributed by atoms with Gasteiger partial charge in [0.25, 0.3) is 5.91 Å². The van der Waals surface area contributed by atoms with Gasteiger partial charge in [-0.25, -0.2) is 45.6 Å². The number of alkyl halides is 6. The van der Waals surface area contributed by atoms with Gasteiger partial charge in [0.15, 0.2) is 5.78 Å². The smallest absolute Gasteiger partial charge is 0.356 e. The summed E-state index contributed by atoms with van der Waals surface area (Å²) < 4.78 is 158. The van der Waals surface area contributed by atoms with E-state index in [2.05, 4.69) is 34.7 Å². The van der Waals surface area contributed by atoms with E-state index >= 15 is 0 Å². The van der Waals surface area contributed by atoms with Crippen LogP contribution >= 0.6 is 0 Å². The number of carbonyl (C=O) groups excluding carboxylic acids is 2. The summed E-state index contributed by atoms with van der Waals surface area (Å²) in [4.78, 5) is 43.2. The van der Waals surface area contributed by atoms with Crippen molar-refractivity contribution >= 4 is 76.6 Å². The second-order valence-electron chi connectivity index (χ2n) is 19.0. The van der Waals surface area contributed by atoms with E-state index in [-0.39, 0.29) is 51.0 Å². The number of amides is 1. The summed E-state index contributed by atoms with van der Waals surface area (Å²) in [5, 5.41) is 3.51. The van der Waals surface area contributed by atoms with Crippen LogP contribution in [0.5, 0.6) is 0 Å². The van der Waals surface area contributed by atoms with E-state index in [1.165, 1.54) is 43.3 Å². The first kappa shape index (κ1) is 59.4. The quantitative estimate of drug-likeness (QED) is 0.0701. The summed E-state index contributed by atoms with van der Waals surface area (Å²) in [6, 6.07) is 12.6. The van der Waals surface area contributed by atoms with Gasteiger partial charge in [0.1, 0.15) is 23.3 Å². The maximum Gasteiger partial charge on any atom is 0.451 e. The maximum absolute atomic E-state index is 14.8. The lowest BCUT2D eigenvalue weighted by molar-refractivity contribution is -0.145. The molecule has 4 aromatic carbocycles. The van der Waals surface area contributed by atoms with Crippen molar-refractivity contribution in [3.8, 4) is 0 Å². The fourth-order valence-electron chi connectivity index (χ4n) is 8.60. The number of ketones is 1. The number of nitrogens with zero attached hydrogens (tertiary/aromatic N) is 6. The summed E-state index contributed by atoms with van der Waals surface area (Å²) in [7, 11) is -7.01. The van der Waals surface area contributed by atoms with Gasteiger partial charge in [-0.15, -0.1) is 0 Å². The number of sulfonamides is 2. The molecular formula is C51H58F8N10O6S2. The largest absolute Gasteiger partial charge is 0.451 e. The topological polar surface area (TPSA) is 223 Å². The van der Waals surface area contributed by atoms with E-state index in [0.29, 0.717) is 59.2 Å². The molecule has 4 heterocycles. The van der Waals surface area contributed by atoms with Gasteiger partial charge >= 0.3 is 12.4 Å². The lowest BCUT2D eigenvalue weighted by Crippen LogP contribution is -2.31. The van der Waals surface area contributed by atoms with E-state index in [1.54, 1.807) is 44.7 Å². The molecule has 16 nitrogen and oxygen atoms in total. The van der Waals surface area contributed by atoms with Crippen LogP contribution in [0.4, 0.5) is 58.1 Å². The lowest BCUT2D eigenvalue weighted by atomic mass is 10.0. The van der Waals surface area contributed by atoms with E-state index in [1.807, 2.05) is 4.90 Å². The minimum atomic E-state index is -4.72. The molecule has 6 aromatic rings. The number of benzene rings is 4. The maximum atomic E-state index is 14.8. The average Bonchev–Trinajstić information content (AvgIpc) is 3.34. The molecule has 2 aromatic heterocycles. The Hall–Kier alpha value is -6.80. The first-order valence-electron chi connectivity index (χ1n) is 24.2. The fourth-order valence-corrected chi connectivity index (χ4v) is 9.84. The number of Topliss-reactive ketones (excluding diaryl/α,β-unsaturated/α-hetero) is 1. The highest BCUT2D eigenvalue weighted by molar-refractivity contribution is 7.92. The van der Waals surface area contributed by atoms with Crippen LogP contribution in [0.25, 0.3) is 21.8 Å². The van der Waals surface area contributed by atoms with Crippen LogP contribution < -0.4 is 30.3 Å². The SMILES string of the molecule is CC(=O)c1ccc2nc(C(F)(F)F)nc(N3CCCCC3)c2c1.Cc1cc([C@@H](C)N)c(F)cc1NS(C)(=O)=O.Cc1cc([C@@H](C)NC(=O)c2ccc3nc(C(F)(F)F)nc(N4CCCCC4)c3c2)c(F)cc1NS(C)(=O)=O. The average molecular weight is 1120 g/mol. The Balaban J connectivity index is 0.000000208. The zero-order chi connectivity index (χ0) is 56.9. The third-order valence-electron chi connectivity index (χ3n) is 12.4. The van der Waals surface area contributed by atoms with E-state index in [9.17, 15) is 61.5 Å². The van der Waals surface area contributed by atoms with E-state index in [4.69, 9.17) is 5.73 Å². The van der Waals surface area contributed by atoms with Gasteiger partial charge in [0.2, 0.25) is 31.7 Å². The number of nitrogens with two attached hydrogens (primary N) is 1. The predicted octanol–water partition coefficient (Wildman–Crippen LogP) is 10.3. The minimum Gasteiger partial charge on any atom is -0.356 e. The third kappa shape index (κ3) is 15.7. The molecule has 0 radical (unpaired) electrons. The van der Waals surface area contributed by atoms with Crippen molar-refractivity contribution < 1.29 is 61.5 Å². The Bertz CT molecular complexity index is 3410. The Morgan fingerprint density at radius 3 is 1.38 bits per heavy atom. The first-order chi connectivity index (χ1) is 35.8. The van der Waals surface area contributed by atoms with Crippen molar-refractivity contribution in [2.75, 3.05) is 57.9 Å².